The van der Waals surface area contributed by atoms with Gasteiger partial charge in [0.15, 0.2) is 11.5 Å². The summed E-state index contributed by atoms with van der Waals surface area (Å²) in [5.74, 6) is 1.65. The molecule has 0 atom stereocenters. The van der Waals surface area contributed by atoms with Gasteiger partial charge in [0.1, 0.15) is 0 Å². The summed E-state index contributed by atoms with van der Waals surface area (Å²) in [5.41, 5.74) is 1.15. The number of hydrogen-bond donors (Lipinski definition) is 0. The van der Waals surface area contributed by atoms with E-state index in [0.29, 0.717) is 17.9 Å². The highest BCUT2D eigenvalue weighted by Crippen LogP contribution is 2.42. The smallest absolute Gasteiger partial charge is 0.227 e. The molecule has 4 heteroatoms. The lowest BCUT2D eigenvalue weighted by Crippen LogP contribution is -2.49. The second kappa shape index (κ2) is 6.81. The number of nitrogens with zero attached hydrogens (tertiary/aromatic N) is 1. The molecule has 126 valence electrons. The third kappa shape index (κ3) is 3.17. The average molecular weight is 317 g/mol. The Bertz CT molecular complexity index is 564. The van der Waals surface area contributed by atoms with Gasteiger partial charge < -0.3 is 14.4 Å². The van der Waals surface area contributed by atoms with E-state index in [1.54, 1.807) is 14.2 Å². The summed E-state index contributed by atoms with van der Waals surface area (Å²) in [6.07, 6.45) is 9.00. The number of benzene rings is 1. The monoisotopic (exact) mass is 317 g/mol. The Morgan fingerprint density at radius 2 is 1.74 bits per heavy atom. The fraction of sp³-hybridized carbons (Fsp3) is 0.632. The van der Waals surface area contributed by atoms with Gasteiger partial charge in [0.05, 0.1) is 20.6 Å². The molecule has 1 aliphatic heterocycles. The van der Waals surface area contributed by atoms with E-state index in [1.807, 2.05) is 18.2 Å². The molecular weight excluding hydrogens is 290 g/mol. The van der Waals surface area contributed by atoms with E-state index in [0.717, 1.165) is 18.5 Å². The van der Waals surface area contributed by atoms with Crippen molar-refractivity contribution >= 4 is 5.91 Å². The molecule has 0 radical (unpaired) electrons. The summed E-state index contributed by atoms with van der Waals surface area (Å²) in [7, 11) is 3.25. The van der Waals surface area contributed by atoms with Crippen molar-refractivity contribution in [3.8, 4) is 11.5 Å². The Morgan fingerprint density at radius 3 is 2.43 bits per heavy atom. The van der Waals surface area contributed by atoms with Crippen LogP contribution in [0, 0.1) is 0 Å². The lowest BCUT2D eigenvalue weighted by atomic mass is 9.79. The van der Waals surface area contributed by atoms with Gasteiger partial charge in [-0.1, -0.05) is 25.3 Å². The summed E-state index contributed by atoms with van der Waals surface area (Å²) in [4.78, 5) is 15.1. The molecule has 3 rings (SSSR count). The predicted molar refractivity (Wildman–Crippen MR) is 90.0 cm³/mol. The highest BCUT2D eigenvalue weighted by atomic mass is 16.5. The maximum Gasteiger partial charge on any atom is 0.227 e. The van der Waals surface area contributed by atoms with Gasteiger partial charge in [0, 0.05) is 12.1 Å². The van der Waals surface area contributed by atoms with Crippen LogP contribution in [0.15, 0.2) is 18.2 Å². The van der Waals surface area contributed by atoms with Crippen molar-refractivity contribution in [2.45, 2.75) is 56.9 Å². The SMILES string of the molecule is COc1ccc(CC(=O)N2CCCC23CCCCC3)cc1OC. The number of amides is 1. The first-order valence-corrected chi connectivity index (χ1v) is 8.70. The van der Waals surface area contributed by atoms with Crippen LogP contribution in [-0.4, -0.2) is 37.1 Å². The molecule has 0 aromatic heterocycles. The third-order valence-electron chi connectivity index (χ3n) is 5.49. The minimum Gasteiger partial charge on any atom is -0.493 e. The van der Waals surface area contributed by atoms with Gasteiger partial charge in [-0.05, 0) is 43.4 Å². The van der Waals surface area contributed by atoms with Crippen LogP contribution in [0.25, 0.3) is 0 Å². The third-order valence-corrected chi connectivity index (χ3v) is 5.49. The van der Waals surface area contributed by atoms with Crippen LogP contribution in [0.2, 0.25) is 0 Å². The van der Waals surface area contributed by atoms with Gasteiger partial charge in [-0.2, -0.15) is 0 Å². The Hall–Kier alpha value is -1.71. The second-order valence-electron chi connectivity index (χ2n) is 6.80. The Labute approximate surface area is 138 Å². The highest BCUT2D eigenvalue weighted by Gasteiger charge is 2.43. The molecule has 2 aliphatic rings. The predicted octanol–water partition coefficient (Wildman–Crippen LogP) is 3.57. The lowest BCUT2D eigenvalue weighted by Gasteiger charge is -2.41. The van der Waals surface area contributed by atoms with Gasteiger partial charge in [-0.25, -0.2) is 0 Å². The van der Waals surface area contributed by atoms with Crippen LogP contribution in [0.4, 0.5) is 0 Å². The Kier molecular flexibility index (Phi) is 4.79. The zero-order valence-electron chi connectivity index (χ0n) is 14.3. The normalized spacial score (nSPS) is 19.8. The largest absolute Gasteiger partial charge is 0.493 e. The maximum atomic E-state index is 12.9. The quantitative estimate of drug-likeness (QED) is 0.852. The molecule has 1 amide bonds. The van der Waals surface area contributed by atoms with Crippen molar-refractivity contribution in [3.63, 3.8) is 0 Å². The molecule has 0 N–H and O–H groups in total. The second-order valence-corrected chi connectivity index (χ2v) is 6.80. The molecule has 0 bridgehead atoms. The molecule has 1 aromatic carbocycles. The van der Waals surface area contributed by atoms with Gasteiger partial charge in [-0.3, -0.25) is 4.79 Å². The maximum absolute atomic E-state index is 12.9. The Balaban J connectivity index is 1.73. The number of rotatable bonds is 4. The van der Waals surface area contributed by atoms with E-state index in [1.165, 1.54) is 38.5 Å². The molecule has 1 saturated heterocycles. The summed E-state index contributed by atoms with van der Waals surface area (Å²) < 4.78 is 10.6. The van der Waals surface area contributed by atoms with Crippen LogP contribution in [0.1, 0.15) is 50.5 Å². The lowest BCUT2D eigenvalue weighted by molar-refractivity contribution is -0.135. The van der Waals surface area contributed by atoms with E-state index >= 15 is 0 Å². The van der Waals surface area contributed by atoms with E-state index in [2.05, 4.69) is 4.90 Å². The van der Waals surface area contributed by atoms with Crippen LogP contribution in [-0.2, 0) is 11.2 Å². The van der Waals surface area contributed by atoms with Crippen LogP contribution >= 0.6 is 0 Å². The van der Waals surface area contributed by atoms with Gasteiger partial charge in [0.25, 0.3) is 0 Å². The summed E-state index contributed by atoms with van der Waals surface area (Å²) in [6.45, 7) is 0.923. The number of ether oxygens (including phenoxy) is 2. The zero-order valence-corrected chi connectivity index (χ0v) is 14.3. The zero-order chi connectivity index (χ0) is 16.3. The molecule has 1 saturated carbocycles. The molecule has 4 nitrogen and oxygen atoms in total. The van der Waals surface area contributed by atoms with E-state index in [9.17, 15) is 4.79 Å². The van der Waals surface area contributed by atoms with Gasteiger partial charge >= 0.3 is 0 Å². The van der Waals surface area contributed by atoms with Crippen molar-refractivity contribution in [2.75, 3.05) is 20.8 Å². The fourth-order valence-electron chi connectivity index (χ4n) is 4.32. The van der Waals surface area contributed by atoms with Crippen molar-refractivity contribution in [2.24, 2.45) is 0 Å². The van der Waals surface area contributed by atoms with Gasteiger partial charge in [-0.15, -0.1) is 0 Å². The molecule has 1 aromatic rings. The standard InChI is InChI=1S/C19H27NO3/c1-22-16-8-7-15(13-17(16)23-2)14-18(21)20-12-6-11-19(20)9-4-3-5-10-19/h7-8,13H,3-6,9-12,14H2,1-2H3. The van der Waals surface area contributed by atoms with Crippen molar-refractivity contribution in [3.05, 3.63) is 23.8 Å². The van der Waals surface area contributed by atoms with Crippen LogP contribution in [0.3, 0.4) is 0 Å². The number of methoxy groups -OCH3 is 2. The van der Waals surface area contributed by atoms with E-state index < -0.39 is 0 Å². The van der Waals surface area contributed by atoms with E-state index in [4.69, 9.17) is 9.47 Å². The van der Waals surface area contributed by atoms with Gasteiger partial charge in [0.2, 0.25) is 5.91 Å². The average Bonchev–Trinajstić information content (AvgIpc) is 2.98. The minimum absolute atomic E-state index is 0.159. The minimum atomic E-state index is 0.159. The first-order chi connectivity index (χ1) is 11.2. The number of carbonyl (C=O) groups excluding carboxylic acids is 1. The van der Waals surface area contributed by atoms with E-state index in [-0.39, 0.29) is 11.4 Å². The molecule has 1 aliphatic carbocycles. The van der Waals surface area contributed by atoms with Crippen molar-refractivity contribution in [1.29, 1.82) is 0 Å². The number of likely N-dealkylation sites (tertiary alicyclic amines) is 1. The molecule has 2 fully saturated rings. The van der Waals surface area contributed by atoms with Crippen molar-refractivity contribution < 1.29 is 14.3 Å². The fourth-order valence-corrected chi connectivity index (χ4v) is 4.32. The summed E-state index contributed by atoms with van der Waals surface area (Å²) in [5, 5.41) is 0. The van der Waals surface area contributed by atoms with Crippen LogP contribution < -0.4 is 9.47 Å². The molecule has 1 heterocycles. The topological polar surface area (TPSA) is 38.8 Å². The first-order valence-electron chi connectivity index (χ1n) is 8.70. The van der Waals surface area contributed by atoms with Crippen LogP contribution in [0.5, 0.6) is 11.5 Å². The van der Waals surface area contributed by atoms with Crippen molar-refractivity contribution in [1.82, 2.24) is 4.90 Å². The summed E-state index contributed by atoms with van der Waals surface area (Å²) >= 11 is 0. The molecule has 0 unspecified atom stereocenters. The molecule has 1 spiro atoms. The number of hydrogen-bond acceptors (Lipinski definition) is 3. The Morgan fingerprint density at radius 1 is 1.04 bits per heavy atom. The summed E-state index contributed by atoms with van der Waals surface area (Å²) in [6, 6.07) is 5.75. The first kappa shape index (κ1) is 16.2. The number of carbonyl (C=O) groups is 1. The molecule has 23 heavy (non-hydrogen) atoms. The highest BCUT2D eigenvalue weighted by molar-refractivity contribution is 5.80. The molecular formula is C19H27NO3.